The molecule has 2 aromatic carbocycles. The monoisotopic (exact) mass is 485 g/mol. The number of carbonyl (C=O) groups is 1. The molecule has 0 aliphatic heterocycles. The zero-order chi connectivity index (χ0) is 24.9. The van der Waals surface area contributed by atoms with E-state index >= 15 is 0 Å². The molecule has 1 amide bonds. The van der Waals surface area contributed by atoms with Gasteiger partial charge in [-0.1, -0.05) is 75.4 Å². The molecule has 0 radical (unpaired) electrons. The van der Waals surface area contributed by atoms with Crippen molar-refractivity contribution in [3.8, 4) is 17.1 Å². The number of anilines is 1. The highest BCUT2D eigenvalue weighted by molar-refractivity contribution is 7.99. The number of amides is 1. The number of thioether (sulfide) groups is 1. The van der Waals surface area contributed by atoms with Crippen molar-refractivity contribution in [2.45, 2.75) is 51.6 Å². The number of carbonyl (C=O) groups excluding carboxylic acids is 1. The Bertz CT molecular complexity index is 1270. The van der Waals surface area contributed by atoms with Crippen LogP contribution in [-0.2, 0) is 4.79 Å². The van der Waals surface area contributed by atoms with Gasteiger partial charge < -0.3 is 5.32 Å². The van der Waals surface area contributed by atoms with E-state index in [0.29, 0.717) is 22.8 Å². The summed E-state index contributed by atoms with van der Waals surface area (Å²) >= 11 is 1.38. The second-order valence-corrected chi connectivity index (χ2v) is 10.1. The molecule has 2 aromatic heterocycles. The summed E-state index contributed by atoms with van der Waals surface area (Å²) in [6.45, 7) is 10.6. The summed E-state index contributed by atoms with van der Waals surface area (Å²) < 4.78 is 1.99. The second kappa shape index (κ2) is 10.9. The molecule has 0 bridgehead atoms. The summed E-state index contributed by atoms with van der Waals surface area (Å²) in [6, 6.07) is 18.3. The molecule has 35 heavy (non-hydrogen) atoms. The van der Waals surface area contributed by atoms with Crippen LogP contribution in [0.3, 0.4) is 0 Å². The minimum atomic E-state index is -0.0612. The predicted molar refractivity (Wildman–Crippen MR) is 143 cm³/mol. The lowest BCUT2D eigenvalue weighted by Gasteiger charge is -2.20. The molecule has 0 atom stereocenters. The third-order valence-electron chi connectivity index (χ3n) is 5.83. The number of hydrogen-bond acceptors (Lipinski definition) is 5. The molecule has 4 aromatic rings. The van der Waals surface area contributed by atoms with Crippen molar-refractivity contribution in [1.82, 2.24) is 19.7 Å². The number of para-hydroxylation sites is 1. The van der Waals surface area contributed by atoms with E-state index in [4.69, 9.17) is 0 Å². The molecule has 0 spiro atoms. The Hall–Kier alpha value is -3.45. The van der Waals surface area contributed by atoms with Crippen LogP contribution in [-0.4, -0.2) is 31.4 Å². The van der Waals surface area contributed by atoms with Crippen LogP contribution in [0.5, 0.6) is 0 Å². The number of benzene rings is 2. The van der Waals surface area contributed by atoms with Gasteiger partial charge in [-0.05, 0) is 54.2 Å². The largest absolute Gasteiger partial charge is 0.325 e. The van der Waals surface area contributed by atoms with Gasteiger partial charge in [-0.25, -0.2) is 0 Å². The van der Waals surface area contributed by atoms with Gasteiger partial charge in [0, 0.05) is 29.3 Å². The summed E-state index contributed by atoms with van der Waals surface area (Å²) in [5, 5.41) is 12.7. The minimum absolute atomic E-state index is 0.0612. The number of nitrogens with zero attached hydrogens (tertiary/aromatic N) is 4. The fourth-order valence-electron chi connectivity index (χ4n) is 3.98. The predicted octanol–water partition coefficient (Wildman–Crippen LogP) is 6.62. The summed E-state index contributed by atoms with van der Waals surface area (Å²) in [4.78, 5) is 17.2. The van der Waals surface area contributed by atoms with E-state index in [2.05, 4.69) is 85.4 Å². The minimum Gasteiger partial charge on any atom is -0.325 e. The highest BCUT2D eigenvalue weighted by atomic mass is 32.2. The standard InChI is InChI=1S/C28H31N5OS/c1-18(2)23-7-6-8-24(19(3)4)26(23)30-25(34)17-35-28-32-31-27(21-13-15-29-16-14-21)33(28)22-11-9-20(5)10-12-22/h6-16,18-19H,17H2,1-5H3,(H,30,34). The Morgan fingerprint density at radius 1 is 0.914 bits per heavy atom. The van der Waals surface area contributed by atoms with Crippen LogP contribution >= 0.6 is 11.8 Å². The summed E-state index contributed by atoms with van der Waals surface area (Å²) in [7, 11) is 0. The quantitative estimate of drug-likeness (QED) is 0.284. The van der Waals surface area contributed by atoms with Crippen molar-refractivity contribution in [3.05, 3.63) is 83.7 Å². The molecule has 0 saturated carbocycles. The van der Waals surface area contributed by atoms with Crippen molar-refractivity contribution < 1.29 is 4.79 Å². The van der Waals surface area contributed by atoms with Gasteiger partial charge >= 0.3 is 0 Å². The van der Waals surface area contributed by atoms with Gasteiger partial charge in [0.1, 0.15) is 0 Å². The van der Waals surface area contributed by atoms with E-state index < -0.39 is 0 Å². The normalized spacial score (nSPS) is 11.3. The smallest absolute Gasteiger partial charge is 0.234 e. The molecule has 180 valence electrons. The highest BCUT2D eigenvalue weighted by Crippen LogP contribution is 2.33. The highest BCUT2D eigenvalue weighted by Gasteiger charge is 2.19. The number of rotatable bonds is 8. The van der Waals surface area contributed by atoms with E-state index in [0.717, 1.165) is 28.1 Å². The van der Waals surface area contributed by atoms with Gasteiger partial charge in [0.15, 0.2) is 11.0 Å². The van der Waals surface area contributed by atoms with Gasteiger partial charge in [-0.15, -0.1) is 10.2 Å². The maximum atomic E-state index is 13.1. The summed E-state index contributed by atoms with van der Waals surface area (Å²) in [5.74, 6) is 1.50. The molecule has 2 heterocycles. The third kappa shape index (κ3) is 5.62. The van der Waals surface area contributed by atoms with Crippen LogP contribution in [0, 0.1) is 6.92 Å². The first-order chi connectivity index (χ1) is 16.8. The molecule has 0 aliphatic carbocycles. The number of nitrogens with one attached hydrogen (secondary N) is 1. The summed E-state index contributed by atoms with van der Waals surface area (Å²) in [5.41, 5.74) is 6.26. The molecule has 0 saturated heterocycles. The fourth-order valence-corrected chi connectivity index (χ4v) is 4.73. The Kier molecular flexibility index (Phi) is 7.66. The number of pyridine rings is 1. The topological polar surface area (TPSA) is 72.7 Å². The molecular formula is C28H31N5OS. The second-order valence-electron chi connectivity index (χ2n) is 9.17. The third-order valence-corrected chi connectivity index (χ3v) is 6.76. The van der Waals surface area contributed by atoms with Crippen molar-refractivity contribution >= 4 is 23.4 Å². The first kappa shape index (κ1) is 24.7. The molecule has 0 aliphatic rings. The first-order valence-corrected chi connectivity index (χ1v) is 12.8. The zero-order valence-corrected chi connectivity index (χ0v) is 21.6. The lowest BCUT2D eigenvalue weighted by atomic mass is 9.92. The Morgan fingerprint density at radius 3 is 2.14 bits per heavy atom. The van der Waals surface area contributed by atoms with Gasteiger partial charge in [0.05, 0.1) is 5.75 Å². The molecule has 4 rings (SSSR count). The van der Waals surface area contributed by atoms with Crippen LogP contribution in [0.2, 0.25) is 0 Å². The number of aryl methyl sites for hydroxylation is 1. The van der Waals surface area contributed by atoms with E-state index in [1.54, 1.807) is 12.4 Å². The number of aromatic nitrogens is 4. The molecule has 1 N–H and O–H groups in total. The lowest BCUT2D eigenvalue weighted by Crippen LogP contribution is -2.18. The molecule has 0 unspecified atom stereocenters. The average molecular weight is 486 g/mol. The van der Waals surface area contributed by atoms with Gasteiger partial charge in [0.2, 0.25) is 5.91 Å². The van der Waals surface area contributed by atoms with Crippen LogP contribution in [0.1, 0.15) is 56.2 Å². The van der Waals surface area contributed by atoms with Crippen molar-refractivity contribution in [2.75, 3.05) is 11.1 Å². The van der Waals surface area contributed by atoms with Crippen molar-refractivity contribution in [3.63, 3.8) is 0 Å². The van der Waals surface area contributed by atoms with Crippen molar-refractivity contribution in [2.24, 2.45) is 0 Å². The number of hydrogen-bond donors (Lipinski definition) is 1. The Morgan fingerprint density at radius 2 is 1.54 bits per heavy atom. The fraction of sp³-hybridized carbons (Fsp3) is 0.286. The maximum absolute atomic E-state index is 13.1. The van der Waals surface area contributed by atoms with Gasteiger partial charge in [0.25, 0.3) is 0 Å². The Labute approximate surface area is 211 Å². The molecule has 7 heteroatoms. The molecule has 0 fully saturated rings. The van der Waals surface area contributed by atoms with E-state index in [1.807, 2.05) is 28.8 Å². The van der Waals surface area contributed by atoms with Crippen LogP contribution in [0.4, 0.5) is 5.69 Å². The van der Waals surface area contributed by atoms with Gasteiger partial charge in [-0.3, -0.25) is 14.3 Å². The van der Waals surface area contributed by atoms with E-state index in [1.165, 1.54) is 17.3 Å². The maximum Gasteiger partial charge on any atom is 0.234 e. The Balaban J connectivity index is 1.61. The van der Waals surface area contributed by atoms with Crippen molar-refractivity contribution in [1.29, 1.82) is 0 Å². The molecule has 6 nitrogen and oxygen atoms in total. The molecular weight excluding hydrogens is 454 g/mol. The van der Waals surface area contributed by atoms with Crippen LogP contribution in [0.15, 0.2) is 72.1 Å². The first-order valence-electron chi connectivity index (χ1n) is 11.8. The zero-order valence-electron chi connectivity index (χ0n) is 20.8. The van der Waals surface area contributed by atoms with E-state index in [-0.39, 0.29) is 11.7 Å². The lowest BCUT2D eigenvalue weighted by molar-refractivity contribution is -0.113. The van der Waals surface area contributed by atoms with Crippen LogP contribution < -0.4 is 5.32 Å². The van der Waals surface area contributed by atoms with Gasteiger partial charge in [-0.2, -0.15) is 0 Å². The summed E-state index contributed by atoms with van der Waals surface area (Å²) in [6.07, 6.45) is 3.48. The van der Waals surface area contributed by atoms with E-state index in [9.17, 15) is 4.79 Å². The average Bonchev–Trinajstić information content (AvgIpc) is 3.27. The van der Waals surface area contributed by atoms with Crippen LogP contribution in [0.25, 0.3) is 17.1 Å². The SMILES string of the molecule is Cc1ccc(-n2c(SCC(=O)Nc3c(C(C)C)cccc3C(C)C)nnc2-c2ccncc2)cc1.